The van der Waals surface area contributed by atoms with Crippen LogP contribution in [0.4, 0.5) is 0 Å². The standard InChI is InChI=1S/C33H45NO9/c1-18(35)43-32-15-22(40-5)31(37)14-20(23(32)28(31)42-29(36)19-10-8-7-9-11-19)33-21(39-4)12-13-30(17-38-3)16-34(2)27(33)24(32)25(41-6)26(30)33/h7-11,20-28,37H,12-17H2,1-6H3/t20-,21+,22+,23-,24?,25+,26-,27?,28?,30+,31-,32-,33?/m1/s1. The molecule has 1 aromatic carbocycles. The number of methoxy groups -OCH3 is 4. The van der Waals surface area contributed by atoms with E-state index in [1.807, 2.05) is 6.07 Å². The predicted octanol–water partition coefficient (Wildman–Crippen LogP) is 2.32. The first-order chi connectivity index (χ1) is 20.6. The van der Waals surface area contributed by atoms with Gasteiger partial charge in [0.05, 0.1) is 30.5 Å². The first-order valence-corrected chi connectivity index (χ1v) is 15.5. The van der Waals surface area contributed by atoms with E-state index < -0.39 is 46.7 Å². The number of esters is 2. The lowest BCUT2D eigenvalue weighted by molar-refractivity contribution is -0.285. The van der Waals surface area contributed by atoms with Gasteiger partial charge in [0.25, 0.3) is 0 Å². The quantitative estimate of drug-likeness (QED) is 0.447. The SMILES string of the molecule is COC[C@@]12CC[C@H](OC)C34C(C([C@H](OC)[C@@H]31)[C@@]1(OC(C)=O)C[C@H](OC)[C@]3(O)C[C@@H]4[C@@H]1C3OC(=O)c1ccccc1)N(C)C2. The van der Waals surface area contributed by atoms with Crippen LogP contribution in [0, 0.1) is 34.5 Å². The van der Waals surface area contributed by atoms with Crippen LogP contribution in [0.1, 0.15) is 43.0 Å². The van der Waals surface area contributed by atoms with Crippen LogP contribution in [0.3, 0.4) is 0 Å². The summed E-state index contributed by atoms with van der Waals surface area (Å²) in [6.07, 6.45) is 0.272. The molecule has 5 saturated carbocycles. The number of carbonyl (C=O) groups is 2. The van der Waals surface area contributed by atoms with Crippen molar-refractivity contribution in [3.05, 3.63) is 35.9 Å². The Hall–Kier alpha value is -2.08. The lowest BCUT2D eigenvalue weighted by Gasteiger charge is -2.69. The Morgan fingerprint density at radius 1 is 1.00 bits per heavy atom. The van der Waals surface area contributed by atoms with Crippen LogP contribution in [0.15, 0.2) is 30.3 Å². The second kappa shape index (κ2) is 9.96. The minimum atomic E-state index is -1.48. The molecule has 10 heteroatoms. The van der Waals surface area contributed by atoms with Crippen molar-refractivity contribution in [3.63, 3.8) is 0 Å². The van der Waals surface area contributed by atoms with Crippen molar-refractivity contribution in [1.82, 2.24) is 4.90 Å². The third kappa shape index (κ3) is 3.51. The van der Waals surface area contributed by atoms with Gasteiger partial charge in [0.15, 0.2) is 0 Å². The maximum Gasteiger partial charge on any atom is 0.338 e. The van der Waals surface area contributed by atoms with Crippen molar-refractivity contribution in [3.8, 4) is 0 Å². The van der Waals surface area contributed by atoms with E-state index in [4.69, 9.17) is 28.4 Å². The average Bonchev–Trinajstić information content (AvgIpc) is 3.37. The van der Waals surface area contributed by atoms with Gasteiger partial charge in [0, 0.05) is 83.0 Å². The zero-order valence-corrected chi connectivity index (χ0v) is 26.0. The van der Waals surface area contributed by atoms with E-state index in [1.54, 1.807) is 52.7 Å². The minimum Gasteiger partial charge on any atom is -0.458 e. The number of hydrogen-bond donors (Lipinski definition) is 1. The van der Waals surface area contributed by atoms with Crippen LogP contribution in [0.2, 0.25) is 0 Å². The summed E-state index contributed by atoms with van der Waals surface area (Å²) in [5, 5.41) is 12.7. The van der Waals surface area contributed by atoms with Crippen molar-refractivity contribution in [2.24, 2.45) is 34.5 Å². The molecule has 0 amide bonds. The second-order valence-electron chi connectivity index (χ2n) is 14.1. The van der Waals surface area contributed by atoms with Gasteiger partial charge in [0.2, 0.25) is 0 Å². The van der Waals surface area contributed by atoms with E-state index in [9.17, 15) is 14.7 Å². The highest BCUT2D eigenvalue weighted by atomic mass is 16.6. The summed E-state index contributed by atoms with van der Waals surface area (Å²) in [7, 11) is 9.01. The number of rotatable bonds is 8. The van der Waals surface area contributed by atoms with Gasteiger partial charge in [-0.3, -0.25) is 4.79 Å². The minimum absolute atomic E-state index is 0.0201. The van der Waals surface area contributed by atoms with Gasteiger partial charge in [-0.05, 0) is 44.4 Å². The fraction of sp³-hybridized carbons (Fsp3) is 0.758. The van der Waals surface area contributed by atoms with E-state index in [0.717, 1.165) is 19.4 Å². The van der Waals surface area contributed by atoms with Crippen LogP contribution in [-0.4, -0.2) is 112 Å². The molecular formula is C33H45NO9. The average molecular weight is 600 g/mol. The summed E-state index contributed by atoms with van der Waals surface area (Å²) in [5.41, 5.74) is -2.88. The molecule has 1 saturated heterocycles. The van der Waals surface area contributed by atoms with E-state index in [1.165, 1.54) is 6.92 Å². The first kappa shape index (κ1) is 29.6. The second-order valence-corrected chi connectivity index (χ2v) is 14.1. The van der Waals surface area contributed by atoms with Crippen LogP contribution in [0.5, 0.6) is 0 Å². The molecule has 7 bridgehead atoms. The van der Waals surface area contributed by atoms with Crippen LogP contribution >= 0.6 is 0 Å². The molecule has 5 aliphatic carbocycles. The number of hydrogen-bond acceptors (Lipinski definition) is 10. The zero-order chi connectivity index (χ0) is 30.5. The summed E-state index contributed by atoms with van der Waals surface area (Å²) in [6, 6.07) is 8.77. The first-order valence-electron chi connectivity index (χ1n) is 15.5. The monoisotopic (exact) mass is 599 g/mol. The maximum absolute atomic E-state index is 13.7. The normalized spacial score (nSPS) is 49.0. The van der Waals surface area contributed by atoms with Crippen molar-refractivity contribution >= 4 is 11.9 Å². The number of carbonyl (C=O) groups excluding carboxylic acids is 2. The van der Waals surface area contributed by atoms with Gasteiger partial charge in [0.1, 0.15) is 17.3 Å². The fourth-order valence-electron chi connectivity index (χ4n) is 12.2. The van der Waals surface area contributed by atoms with Gasteiger partial charge in [-0.1, -0.05) is 18.2 Å². The Kier molecular flexibility index (Phi) is 6.86. The van der Waals surface area contributed by atoms with Crippen molar-refractivity contribution < 1.29 is 43.1 Å². The van der Waals surface area contributed by atoms with Gasteiger partial charge >= 0.3 is 11.9 Å². The Morgan fingerprint density at radius 3 is 2.35 bits per heavy atom. The van der Waals surface area contributed by atoms with E-state index in [0.29, 0.717) is 18.6 Å². The fourth-order valence-corrected chi connectivity index (χ4v) is 12.2. The third-order valence-electron chi connectivity index (χ3n) is 12.7. The molecule has 1 spiro atoms. The maximum atomic E-state index is 13.7. The molecule has 43 heavy (non-hydrogen) atoms. The van der Waals surface area contributed by atoms with E-state index >= 15 is 0 Å². The molecule has 1 N–H and O–H groups in total. The van der Waals surface area contributed by atoms with Crippen molar-refractivity contribution in [2.75, 3.05) is 48.6 Å². The van der Waals surface area contributed by atoms with Gasteiger partial charge in [-0.2, -0.15) is 0 Å². The molecule has 13 atom stereocenters. The molecular weight excluding hydrogens is 554 g/mol. The largest absolute Gasteiger partial charge is 0.458 e. The lowest BCUT2D eigenvalue weighted by atomic mass is 9.43. The molecule has 7 rings (SSSR count). The molecule has 10 nitrogen and oxygen atoms in total. The molecule has 6 fully saturated rings. The number of piperidine rings is 1. The van der Waals surface area contributed by atoms with Crippen molar-refractivity contribution in [1.29, 1.82) is 0 Å². The van der Waals surface area contributed by atoms with E-state index in [2.05, 4.69) is 11.9 Å². The molecule has 1 aliphatic heterocycles. The Morgan fingerprint density at radius 2 is 1.72 bits per heavy atom. The van der Waals surface area contributed by atoms with Gasteiger partial charge < -0.3 is 38.4 Å². The summed E-state index contributed by atoms with van der Waals surface area (Å²) < 4.78 is 38.0. The van der Waals surface area contributed by atoms with Gasteiger partial charge in [-0.15, -0.1) is 0 Å². The zero-order valence-electron chi connectivity index (χ0n) is 26.0. The molecule has 0 radical (unpaired) electrons. The molecule has 1 aromatic rings. The summed E-state index contributed by atoms with van der Waals surface area (Å²) in [6.45, 7) is 2.82. The number of likely N-dealkylation sites (tertiary alicyclic amines) is 1. The van der Waals surface area contributed by atoms with Crippen LogP contribution < -0.4 is 0 Å². The topological polar surface area (TPSA) is 113 Å². The summed E-state index contributed by atoms with van der Waals surface area (Å²) >= 11 is 0. The van der Waals surface area contributed by atoms with E-state index in [-0.39, 0.29) is 47.8 Å². The Balaban J connectivity index is 1.48. The molecule has 1 heterocycles. The Labute approximate surface area is 253 Å². The number of nitrogens with zero attached hydrogens (tertiary/aromatic N) is 1. The highest BCUT2D eigenvalue weighted by Crippen LogP contribution is 2.80. The highest BCUT2D eigenvalue weighted by Gasteiger charge is 2.89. The predicted molar refractivity (Wildman–Crippen MR) is 153 cm³/mol. The lowest BCUT2D eigenvalue weighted by Crippen LogP contribution is -2.77. The molecule has 0 aromatic heterocycles. The molecule has 236 valence electrons. The van der Waals surface area contributed by atoms with Gasteiger partial charge in [-0.25, -0.2) is 4.79 Å². The summed E-state index contributed by atoms with van der Waals surface area (Å²) in [5.74, 6) is -1.87. The highest BCUT2D eigenvalue weighted by molar-refractivity contribution is 5.89. The van der Waals surface area contributed by atoms with Crippen LogP contribution in [0.25, 0.3) is 0 Å². The third-order valence-corrected chi connectivity index (χ3v) is 12.7. The smallest absolute Gasteiger partial charge is 0.338 e. The van der Waals surface area contributed by atoms with Crippen molar-refractivity contribution in [2.45, 2.75) is 74.3 Å². The number of aliphatic hydroxyl groups is 1. The molecule has 4 unspecified atom stereocenters. The number of benzene rings is 1. The number of ether oxygens (including phenoxy) is 6. The number of fused-ring (bicyclic) bond motifs is 2. The van der Waals surface area contributed by atoms with Crippen LogP contribution in [-0.2, 0) is 33.2 Å². The summed E-state index contributed by atoms with van der Waals surface area (Å²) in [4.78, 5) is 29.2. The molecule has 6 aliphatic rings. The Bertz CT molecular complexity index is 1280.